The zero-order valence-corrected chi connectivity index (χ0v) is 9.91. The summed E-state index contributed by atoms with van der Waals surface area (Å²) in [6.07, 6.45) is 4.95. The Morgan fingerprint density at radius 2 is 2.44 bits per heavy atom. The number of nitrogens with zero attached hydrogens (tertiary/aromatic N) is 1. The van der Waals surface area contributed by atoms with E-state index >= 15 is 0 Å². The van der Waals surface area contributed by atoms with Crippen LogP contribution in [0.5, 0.6) is 0 Å². The van der Waals surface area contributed by atoms with E-state index in [1.807, 2.05) is 0 Å². The SMILES string of the molecule is Nc1cccnc1S(=O)CC1CCCCO1. The second-order valence-electron chi connectivity index (χ2n) is 3.90. The number of pyridine rings is 1. The molecule has 1 aliphatic rings. The molecule has 1 aliphatic heterocycles. The fraction of sp³-hybridized carbons (Fsp3) is 0.545. The first kappa shape index (κ1) is 11.5. The van der Waals surface area contributed by atoms with E-state index in [0.717, 1.165) is 25.9 Å². The van der Waals surface area contributed by atoms with Crippen LogP contribution >= 0.6 is 0 Å². The van der Waals surface area contributed by atoms with E-state index in [1.165, 1.54) is 0 Å². The Labute approximate surface area is 97.7 Å². The van der Waals surface area contributed by atoms with Crippen molar-refractivity contribution in [1.29, 1.82) is 0 Å². The van der Waals surface area contributed by atoms with Gasteiger partial charge in [-0.15, -0.1) is 0 Å². The van der Waals surface area contributed by atoms with Crippen molar-refractivity contribution in [2.75, 3.05) is 18.1 Å². The predicted octanol–water partition coefficient (Wildman–Crippen LogP) is 1.34. The topological polar surface area (TPSA) is 65.2 Å². The van der Waals surface area contributed by atoms with E-state index in [-0.39, 0.29) is 6.10 Å². The summed E-state index contributed by atoms with van der Waals surface area (Å²) in [5.74, 6) is 0.501. The van der Waals surface area contributed by atoms with E-state index in [1.54, 1.807) is 18.3 Å². The van der Waals surface area contributed by atoms with Crippen LogP contribution < -0.4 is 5.73 Å². The molecule has 0 aromatic carbocycles. The zero-order valence-electron chi connectivity index (χ0n) is 9.09. The van der Waals surface area contributed by atoms with E-state index < -0.39 is 10.8 Å². The molecule has 2 N–H and O–H groups in total. The van der Waals surface area contributed by atoms with Gasteiger partial charge in [-0.2, -0.15) is 0 Å². The Hall–Kier alpha value is -0.940. The molecule has 4 nitrogen and oxygen atoms in total. The molecule has 1 fully saturated rings. The summed E-state index contributed by atoms with van der Waals surface area (Å²) in [6.45, 7) is 0.777. The third-order valence-corrected chi connectivity index (χ3v) is 4.07. The zero-order chi connectivity index (χ0) is 11.4. The number of nitrogen functional groups attached to an aromatic ring is 1. The van der Waals surface area contributed by atoms with Gasteiger partial charge in [0, 0.05) is 12.8 Å². The summed E-state index contributed by atoms with van der Waals surface area (Å²) in [5, 5.41) is 0.483. The van der Waals surface area contributed by atoms with Crippen molar-refractivity contribution in [2.45, 2.75) is 30.4 Å². The minimum atomic E-state index is -1.15. The van der Waals surface area contributed by atoms with Crippen LogP contribution in [-0.4, -0.2) is 27.7 Å². The van der Waals surface area contributed by atoms with Gasteiger partial charge in [-0.05, 0) is 31.4 Å². The van der Waals surface area contributed by atoms with Crippen molar-refractivity contribution in [1.82, 2.24) is 4.98 Å². The Kier molecular flexibility index (Phi) is 3.90. The summed E-state index contributed by atoms with van der Waals surface area (Å²) < 4.78 is 17.6. The number of nitrogens with two attached hydrogens (primary N) is 1. The predicted molar refractivity (Wildman–Crippen MR) is 63.5 cm³/mol. The van der Waals surface area contributed by atoms with Crippen molar-refractivity contribution >= 4 is 16.5 Å². The highest BCUT2D eigenvalue weighted by atomic mass is 32.2. The monoisotopic (exact) mass is 240 g/mol. The smallest absolute Gasteiger partial charge is 0.150 e. The van der Waals surface area contributed by atoms with Crippen molar-refractivity contribution in [3.8, 4) is 0 Å². The third-order valence-electron chi connectivity index (χ3n) is 2.63. The minimum Gasteiger partial charge on any atom is -0.396 e. The lowest BCUT2D eigenvalue weighted by Crippen LogP contribution is -2.25. The molecule has 0 saturated carbocycles. The quantitative estimate of drug-likeness (QED) is 0.866. The number of hydrogen-bond donors (Lipinski definition) is 1. The van der Waals surface area contributed by atoms with Gasteiger partial charge in [0.2, 0.25) is 0 Å². The molecule has 88 valence electrons. The molecule has 5 heteroatoms. The van der Waals surface area contributed by atoms with Crippen LogP contribution in [0.15, 0.2) is 23.4 Å². The summed E-state index contributed by atoms with van der Waals surface area (Å²) >= 11 is 0. The van der Waals surface area contributed by atoms with Crippen molar-refractivity contribution in [3.05, 3.63) is 18.3 Å². The highest BCUT2D eigenvalue weighted by molar-refractivity contribution is 7.85. The molecule has 0 bridgehead atoms. The summed E-state index contributed by atoms with van der Waals surface area (Å²) in [4.78, 5) is 4.06. The summed E-state index contributed by atoms with van der Waals surface area (Å²) in [5.41, 5.74) is 6.23. The fourth-order valence-corrected chi connectivity index (χ4v) is 3.05. The van der Waals surface area contributed by atoms with Gasteiger partial charge in [0.05, 0.1) is 28.3 Å². The molecule has 2 heterocycles. The Bertz CT molecular complexity index is 378. The van der Waals surface area contributed by atoms with Gasteiger partial charge in [0.1, 0.15) is 5.03 Å². The third kappa shape index (κ3) is 2.80. The molecule has 0 radical (unpaired) electrons. The van der Waals surface area contributed by atoms with Gasteiger partial charge < -0.3 is 10.5 Å². The molecule has 2 rings (SSSR count). The second-order valence-corrected chi connectivity index (χ2v) is 5.31. The van der Waals surface area contributed by atoms with Crippen LogP contribution in [0, 0.1) is 0 Å². The molecule has 2 unspecified atom stereocenters. The Balaban J connectivity index is 2.00. The molecule has 0 amide bonds. The summed E-state index contributed by atoms with van der Waals surface area (Å²) in [7, 11) is -1.15. The van der Waals surface area contributed by atoms with Crippen LogP contribution in [-0.2, 0) is 15.5 Å². The van der Waals surface area contributed by atoms with Crippen molar-refractivity contribution < 1.29 is 8.95 Å². The minimum absolute atomic E-state index is 0.0935. The number of ether oxygens (including phenoxy) is 1. The normalized spacial score (nSPS) is 22.9. The van der Waals surface area contributed by atoms with E-state index in [2.05, 4.69) is 4.98 Å². The standard InChI is InChI=1S/C11H16N2O2S/c12-10-5-3-6-13-11(10)16(14)8-9-4-1-2-7-15-9/h3,5-6,9H,1-2,4,7-8,12H2. The number of aromatic nitrogens is 1. The second kappa shape index (κ2) is 5.41. The van der Waals surface area contributed by atoms with E-state index in [9.17, 15) is 4.21 Å². The molecule has 0 spiro atoms. The lowest BCUT2D eigenvalue weighted by atomic mass is 10.1. The van der Waals surface area contributed by atoms with Crippen LogP contribution in [0.25, 0.3) is 0 Å². The molecule has 1 aromatic heterocycles. The molecular formula is C11H16N2O2S. The van der Waals surface area contributed by atoms with Gasteiger partial charge in [-0.1, -0.05) is 0 Å². The fourth-order valence-electron chi connectivity index (χ4n) is 1.78. The highest BCUT2D eigenvalue weighted by Crippen LogP contribution is 2.18. The Morgan fingerprint density at radius 3 is 3.12 bits per heavy atom. The van der Waals surface area contributed by atoms with E-state index in [0.29, 0.717) is 16.5 Å². The van der Waals surface area contributed by atoms with Gasteiger partial charge in [0.25, 0.3) is 0 Å². The lowest BCUT2D eigenvalue weighted by Gasteiger charge is -2.21. The van der Waals surface area contributed by atoms with E-state index in [4.69, 9.17) is 10.5 Å². The van der Waals surface area contributed by atoms with Gasteiger partial charge in [-0.25, -0.2) is 4.98 Å². The number of hydrogen-bond acceptors (Lipinski definition) is 4. The average molecular weight is 240 g/mol. The maximum atomic E-state index is 12.0. The summed E-state index contributed by atoms with van der Waals surface area (Å²) in [6, 6.07) is 3.47. The number of rotatable bonds is 3. The molecule has 1 aromatic rings. The largest absolute Gasteiger partial charge is 0.396 e. The molecule has 2 atom stereocenters. The first-order valence-corrected chi connectivity index (χ1v) is 6.80. The van der Waals surface area contributed by atoms with Crippen LogP contribution in [0.2, 0.25) is 0 Å². The Morgan fingerprint density at radius 1 is 1.56 bits per heavy atom. The first-order valence-electron chi connectivity index (χ1n) is 5.48. The first-order chi connectivity index (χ1) is 7.77. The van der Waals surface area contributed by atoms with Gasteiger partial charge in [-0.3, -0.25) is 4.21 Å². The maximum Gasteiger partial charge on any atom is 0.150 e. The highest BCUT2D eigenvalue weighted by Gasteiger charge is 2.19. The average Bonchev–Trinajstić information content (AvgIpc) is 2.31. The molecule has 0 aliphatic carbocycles. The number of anilines is 1. The van der Waals surface area contributed by atoms with Crippen molar-refractivity contribution in [2.24, 2.45) is 0 Å². The van der Waals surface area contributed by atoms with Crippen molar-refractivity contribution in [3.63, 3.8) is 0 Å². The maximum absolute atomic E-state index is 12.0. The molecular weight excluding hydrogens is 224 g/mol. The molecule has 1 saturated heterocycles. The van der Waals surface area contributed by atoms with Crippen LogP contribution in [0.3, 0.4) is 0 Å². The van der Waals surface area contributed by atoms with Gasteiger partial charge >= 0.3 is 0 Å². The molecule has 16 heavy (non-hydrogen) atoms. The van der Waals surface area contributed by atoms with Crippen LogP contribution in [0.4, 0.5) is 5.69 Å². The van der Waals surface area contributed by atoms with Crippen LogP contribution in [0.1, 0.15) is 19.3 Å². The lowest BCUT2D eigenvalue weighted by molar-refractivity contribution is 0.0310. The van der Waals surface area contributed by atoms with Gasteiger partial charge in [0.15, 0.2) is 0 Å².